The van der Waals surface area contributed by atoms with Gasteiger partial charge in [-0.3, -0.25) is 0 Å². The molecule has 0 fully saturated rings. The Hall–Kier alpha value is -3.35. The van der Waals surface area contributed by atoms with Crippen molar-refractivity contribution in [3.05, 3.63) is 72.3 Å². The van der Waals surface area contributed by atoms with Crippen molar-refractivity contribution in [3.8, 4) is 0 Å². The predicted octanol–water partition coefficient (Wildman–Crippen LogP) is 5.59. The molecule has 0 radical (unpaired) electrons. The third-order valence-electron chi connectivity index (χ3n) is 4.50. The van der Waals surface area contributed by atoms with E-state index < -0.39 is 35.9 Å². The maximum atomic E-state index is 12.8. The second-order valence-electron chi connectivity index (χ2n) is 7.39. The summed E-state index contributed by atoms with van der Waals surface area (Å²) in [5, 5.41) is 3.37. The summed E-state index contributed by atoms with van der Waals surface area (Å²) in [6.45, 7) is 4.98. The molecule has 0 aliphatic rings. The molecule has 3 rings (SSSR count). The molecule has 0 atom stereocenters. The molecule has 0 unspecified atom stereocenters. The lowest BCUT2D eigenvalue weighted by atomic mass is 9.98. The molecule has 3 aromatic carbocycles. The van der Waals surface area contributed by atoms with Gasteiger partial charge in [-0.15, -0.1) is 0 Å². The van der Waals surface area contributed by atoms with Crippen molar-refractivity contribution in [2.24, 2.45) is 0 Å². The van der Waals surface area contributed by atoms with Crippen LogP contribution in [0, 0.1) is 0 Å². The molecule has 0 aliphatic heterocycles. The number of hydrogen-bond acceptors (Lipinski definition) is 4. The first-order valence-corrected chi connectivity index (χ1v) is 9.07. The van der Waals surface area contributed by atoms with Crippen molar-refractivity contribution in [2.75, 3.05) is 6.61 Å². The third kappa shape index (κ3) is 4.45. The molecule has 3 aromatic rings. The van der Waals surface area contributed by atoms with Crippen molar-refractivity contribution in [2.45, 2.75) is 25.6 Å². The Balaban J connectivity index is 1.81. The van der Waals surface area contributed by atoms with Crippen LogP contribution in [0.1, 0.15) is 24.2 Å². The normalized spacial score (nSPS) is 12.0. The van der Waals surface area contributed by atoms with Crippen LogP contribution in [0.3, 0.4) is 0 Å². The van der Waals surface area contributed by atoms with Crippen LogP contribution in [-0.4, -0.2) is 30.3 Å². The smallest absolute Gasteiger partial charge is 0.422 e. The molecule has 156 valence electrons. The fourth-order valence-electron chi connectivity index (χ4n) is 3.00. The van der Waals surface area contributed by atoms with Gasteiger partial charge in [-0.1, -0.05) is 55.1 Å². The van der Waals surface area contributed by atoms with E-state index in [9.17, 15) is 22.8 Å². The molecule has 30 heavy (non-hydrogen) atoms. The molecule has 0 amide bonds. The van der Waals surface area contributed by atoms with Crippen LogP contribution in [0.5, 0.6) is 0 Å². The summed E-state index contributed by atoms with van der Waals surface area (Å²) in [5.41, 5.74) is -2.79. The van der Waals surface area contributed by atoms with E-state index in [4.69, 9.17) is 9.47 Å². The molecular formula is C23H19F3O4. The Labute approximate surface area is 170 Å². The summed E-state index contributed by atoms with van der Waals surface area (Å²) < 4.78 is 47.9. The minimum Gasteiger partial charge on any atom is -0.458 e. The summed E-state index contributed by atoms with van der Waals surface area (Å²) in [4.78, 5) is 24.4. The minimum absolute atomic E-state index is 0.311. The van der Waals surface area contributed by atoms with Crippen LogP contribution < -0.4 is 0 Å². The molecule has 7 heteroatoms. The Bertz CT molecular complexity index is 1150. The van der Waals surface area contributed by atoms with Gasteiger partial charge in [0.15, 0.2) is 0 Å². The zero-order valence-electron chi connectivity index (χ0n) is 16.4. The average Bonchev–Trinajstić information content (AvgIpc) is 2.69. The van der Waals surface area contributed by atoms with Crippen LogP contribution in [-0.2, 0) is 14.3 Å². The maximum Gasteiger partial charge on any atom is 0.422 e. The van der Waals surface area contributed by atoms with E-state index >= 15 is 0 Å². The van der Waals surface area contributed by atoms with E-state index in [0.717, 1.165) is 16.2 Å². The number of rotatable bonds is 5. The first kappa shape index (κ1) is 21.4. The molecule has 0 saturated heterocycles. The molecular weight excluding hydrogens is 397 g/mol. The van der Waals surface area contributed by atoms with Gasteiger partial charge < -0.3 is 9.47 Å². The molecule has 0 N–H and O–H groups in total. The highest BCUT2D eigenvalue weighted by Gasteiger charge is 2.40. The highest BCUT2D eigenvalue weighted by molar-refractivity contribution is 6.16. The van der Waals surface area contributed by atoms with Crippen molar-refractivity contribution in [3.63, 3.8) is 0 Å². The van der Waals surface area contributed by atoms with E-state index in [1.165, 1.54) is 13.8 Å². The standard InChI is InChI=1S/C23H19F3O4/c1-14(23(24,25)26)20(27)30-22(2,3)13-29-21(28)18-10-6-8-16-12-11-15-7-4-5-9-17(15)19(16)18/h4-12H,1,13H2,2-3H3. The van der Waals surface area contributed by atoms with E-state index in [-0.39, 0.29) is 0 Å². The number of carbonyl (C=O) groups is 2. The lowest BCUT2D eigenvalue weighted by Crippen LogP contribution is -2.36. The van der Waals surface area contributed by atoms with Gasteiger partial charge in [0.05, 0.1) is 5.56 Å². The Kier molecular flexibility index (Phi) is 5.57. The van der Waals surface area contributed by atoms with Gasteiger partial charge in [-0.2, -0.15) is 13.2 Å². The molecule has 0 spiro atoms. The summed E-state index contributed by atoms with van der Waals surface area (Å²) in [7, 11) is 0. The average molecular weight is 416 g/mol. The van der Waals surface area contributed by atoms with Crippen LogP contribution in [0.4, 0.5) is 13.2 Å². The van der Waals surface area contributed by atoms with E-state index in [0.29, 0.717) is 10.9 Å². The van der Waals surface area contributed by atoms with Gasteiger partial charge >= 0.3 is 18.1 Å². The van der Waals surface area contributed by atoms with Gasteiger partial charge in [-0.05, 0) is 36.1 Å². The number of fused-ring (bicyclic) bond motifs is 3. The molecule has 0 aromatic heterocycles. The fourth-order valence-corrected chi connectivity index (χ4v) is 3.00. The van der Waals surface area contributed by atoms with Crippen molar-refractivity contribution >= 4 is 33.5 Å². The van der Waals surface area contributed by atoms with Gasteiger partial charge in [0, 0.05) is 5.39 Å². The highest BCUT2D eigenvalue weighted by Crippen LogP contribution is 2.30. The van der Waals surface area contributed by atoms with E-state index in [2.05, 4.69) is 6.58 Å². The van der Waals surface area contributed by atoms with Crippen molar-refractivity contribution in [1.29, 1.82) is 0 Å². The lowest BCUT2D eigenvalue weighted by Gasteiger charge is -2.25. The second kappa shape index (κ2) is 7.82. The monoisotopic (exact) mass is 416 g/mol. The summed E-state index contributed by atoms with van der Waals surface area (Å²) in [6.07, 6.45) is -4.89. The lowest BCUT2D eigenvalue weighted by molar-refractivity contribution is -0.165. The summed E-state index contributed by atoms with van der Waals surface area (Å²) in [5.74, 6) is -2.28. The Morgan fingerprint density at radius 2 is 1.57 bits per heavy atom. The number of hydrogen-bond donors (Lipinski definition) is 0. The number of benzene rings is 3. The van der Waals surface area contributed by atoms with Gasteiger partial charge in [0.1, 0.15) is 17.8 Å². The topological polar surface area (TPSA) is 52.6 Å². The summed E-state index contributed by atoms with van der Waals surface area (Å²) >= 11 is 0. The first-order valence-electron chi connectivity index (χ1n) is 9.07. The quantitative estimate of drug-likeness (QED) is 0.309. The minimum atomic E-state index is -4.89. The number of halogens is 3. The largest absolute Gasteiger partial charge is 0.458 e. The second-order valence-corrected chi connectivity index (χ2v) is 7.39. The Morgan fingerprint density at radius 1 is 0.933 bits per heavy atom. The SMILES string of the molecule is C=C(C(=O)OC(C)(C)COC(=O)c1cccc2ccc3ccccc3c12)C(F)(F)F. The van der Waals surface area contributed by atoms with E-state index in [1.807, 2.05) is 42.5 Å². The van der Waals surface area contributed by atoms with Gasteiger partial charge in [-0.25, -0.2) is 9.59 Å². The van der Waals surface area contributed by atoms with Crippen LogP contribution >= 0.6 is 0 Å². The Morgan fingerprint density at radius 3 is 2.27 bits per heavy atom. The fraction of sp³-hybridized carbons (Fsp3) is 0.217. The zero-order valence-corrected chi connectivity index (χ0v) is 16.4. The molecule has 0 bridgehead atoms. The molecule has 0 heterocycles. The van der Waals surface area contributed by atoms with Crippen molar-refractivity contribution < 1.29 is 32.2 Å². The first-order chi connectivity index (χ1) is 14.0. The maximum absolute atomic E-state index is 12.8. The van der Waals surface area contributed by atoms with Crippen molar-refractivity contribution in [1.82, 2.24) is 0 Å². The number of ether oxygens (including phenoxy) is 2. The molecule has 0 aliphatic carbocycles. The third-order valence-corrected chi connectivity index (χ3v) is 4.50. The van der Waals surface area contributed by atoms with Gasteiger partial charge in [0.25, 0.3) is 0 Å². The van der Waals surface area contributed by atoms with Crippen LogP contribution in [0.2, 0.25) is 0 Å². The highest BCUT2D eigenvalue weighted by atomic mass is 19.4. The van der Waals surface area contributed by atoms with Gasteiger partial charge in [0.2, 0.25) is 0 Å². The number of alkyl halides is 3. The van der Waals surface area contributed by atoms with Crippen LogP contribution in [0.15, 0.2) is 66.7 Å². The zero-order chi connectivity index (χ0) is 22.1. The molecule has 0 saturated carbocycles. The molecule has 4 nitrogen and oxygen atoms in total. The van der Waals surface area contributed by atoms with E-state index in [1.54, 1.807) is 12.1 Å². The number of carbonyl (C=O) groups excluding carboxylic acids is 2. The number of esters is 2. The van der Waals surface area contributed by atoms with Crippen LogP contribution in [0.25, 0.3) is 21.5 Å². The predicted molar refractivity (Wildman–Crippen MR) is 107 cm³/mol. The summed E-state index contributed by atoms with van der Waals surface area (Å²) in [6, 6.07) is 16.6.